The molecule has 3 heteroatoms. The standard InChI is InChI=1S/C17H20N2O/c1-3-5-12-20-17-13-18-19(16(17)9-4-2)14-15-10-7-6-8-11-15/h3-4,6-8,10-11,13H,1-2,5,9,12,14H2. The Hall–Kier alpha value is -2.29. The Labute approximate surface area is 120 Å². The maximum absolute atomic E-state index is 5.75. The maximum Gasteiger partial charge on any atom is 0.160 e. The van der Waals surface area contributed by atoms with Crippen molar-refractivity contribution in [2.24, 2.45) is 0 Å². The van der Waals surface area contributed by atoms with Gasteiger partial charge in [-0.15, -0.1) is 13.2 Å². The lowest BCUT2D eigenvalue weighted by molar-refractivity contribution is 0.321. The smallest absolute Gasteiger partial charge is 0.160 e. The second kappa shape index (κ2) is 7.34. The number of hydrogen-bond donors (Lipinski definition) is 0. The molecule has 104 valence electrons. The van der Waals surface area contributed by atoms with Crippen molar-refractivity contribution in [2.75, 3.05) is 6.61 Å². The Balaban J connectivity index is 2.15. The van der Waals surface area contributed by atoms with Gasteiger partial charge in [-0.2, -0.15) is 5.10 Å². The van der Waals surface area contributed by atoms with Crippen LogP contribution in [0, 0.1) is 0 Å². The molecule has 0 fully saturated rings. The zero-order chi connectivity index (χ0) is 14.2. The average molecular weight is 268 g/mol. The van der Waals surface area contributed by atoms with E-state index in [9.17, 15) is 0 Å². The Morgan fingerprint density at radius 2 is 1.95 bits per heavy atom. The van der Waals surface area contributed by atoms with E-state index in [2.05, 4.69) is 30.4 Å². The predicted octanol–water partition coefficient (Wildman–Crippen LogP) is 3.61. The highest BCUT2D eigenvalue weighted by molar-refractivity contribution is 5.28. The van der Waals surface area contributed by atoms with Crippen LogP contribution in [0.4, 0.5) is 0 Å². The number of ether oxygens (including phenoxy) is 1. The number of aromatic nitrogens is 2. The fraction of sp³-hybridized carbons (Fsp3) is 0.235. The summed E-state index contributed by atoms with van der Waals surface area (Å²) in [6.45, 7) is 8.88. The molecule has 2 rings (SSSR count). The molecule has 0 unspecified atom stereocenters. The molecular formula is C17H20N2O. The first-order chi connectivity index (χ1) is 9.85. The van der Waals surface area contributed by atoms with Gasteiger partial charge in [-0.25, -0.2) is 0 Å². The van der Waals surface area contributed by atoms with Crippen molar-refractivity contribution in [2.45, 2.75) is 19.4 Å². The van der Waals surface area contributed by atoms with Crippen molar-refractivity contribution in [3.8, 4) is 5.75 Å². The minimum absolute atomic E-state index is 0.630. The summed E-state index contributed by atoms with van der Waals surface area (Å²) in [7, 11) is 0. The second-order valence-electron chi connectivity index (χ2n) is 4.52. The quantitative estimate of drug-likeness (QED) is 0.540. The Kier molecular flexibility index (Phi) is 5.18. The summed E-state index contributed by atoms with van der Waals surface area (Å²) in [5.74, 6) is 0.836. The molecule has 0 aliphatic rings. The van der Waals surface area contributed by atoms with Crippen molar-refractivity contribution in [1.29, 1.82) is 0 Å². The monoisotopic (exact) mass is 268 g/mol. The molecule has 1 heterocycles. The van der Waals surface area contributed by atoms with Crippen LogP contribution < -0.4 is 4.74 Å². The van der Waals surface area contributed by atoms with E-state index in [1.807, 2.05) is 35.0 Å². The fourth-order valence-electron chi connectivity index (χ4n) is 2.00. The van der Waals surface area contributed by atoms with Gasteiger partial charge in [-0.05, 0) is 12.0 Å². The molecule has 0 aliphatic carbocycles. The molecule has 0 saturated heterocycles. The highest BCUT2D eigenvalue weighted by Gasteiger charge is 2.11. The van der Waals surface area contributed by atoms with E-state index in [4.69, 9.17) is 4.74 Å². The lowest BCUT2D eigenvalue weighted by Crippen LogP contribution is -2.07. The maximum atomic E-state index is 5.75. The number of hydrogen-bond acceptors (Lipinski definition) is 2. The second-order valence-corrected chi connectivity index (χ2v) is 4.52. The molecule has 0 aliphatic heterocycles. The van der Waals surface area contributed by atoms with Crippen LogP contribution in [0.3, 0.4) is 0 Å². The van der Waals surface area contributed by atoms with E-state index in [0.29, 0.717) is 6.61 Å². The molecule has 0 bridgehead atoms. The summed E-state index contributed by atoms with van der Waals surface area (Å²) >= 11 is 0. The van der Waals surface area contributed by atoms with Crippen LogP contribution in [-0.2, 0) is 13.0 Å². The Morgan fingerprint density at radius 3 is 2.65 bits per heavy atom. The molecule has 0 amide bonds. The van der Waals surface area contributed by atoms with Crippen LogP contribution in [0.1, 0.15) is 17.7 Å². The third-order valence-electron chi connectivity index (χ3n) is 3.00. The Morgan fingerprint density at radius 1 is 1.15 bits per heavy atom. The van der Waals surface area contributed by atoms with E-state index in [-0.39, 0.29) is 0 Å². The third-order valence-corrected chi connectivity index (χ3v) is 3.00. The molecule has 20 heavy (non-hydrogen) atoms. The van der Waals surface area contributed by atoms with Gasteiger partial charge in [-0.1, -0.05) is 42.5 Å². The van der Waals surface area contributed by atoms with Gasteiger partial charge >= 0.3 is 0 Å². The van der Waals surface area contributed by atoms with Gasteiger partial charge in [0.1, 0.15) is 0 Å². The number of rotatable bonds is 8. The van der Waals surface area contributed by atoms with E-state index in [1.54, 1.807) is 6.20 Å². The van der Waals surface area contributed by atoms with Gasteiger partial charge in [0.15, 0.2) is 5.75 Å². The number of allylic oxidation sites excluding steroid dienone is 1. The first-order valence-electron chi connectivity index (χ1n) is 6.78. The molecule has 0 spiro atoms. The van der Waals surface area contributed by atoms with Gasteiger partial charge in [0.25, 0.3) is 0 Å². The van der Waals surface area contributed by atoms with Crippen LogP contribution in [0.2, 0.25) is 0 Å². The van der Waals surface area contributed by atoms with Gasteiger partial charge < -0.3 is 4.74 Å². The SMILES string of the molecule is C=CCCOc1cnn(Cc2ccccc2)c1CC=C. The van der Waals surface area contributed by atoms with Gasteiger partial charge in [0, 0.05) is 6.42 Å². The largest absolute Gasteiger partial charge is 0.490 e. The summed E-state index contributed by atoms with van der Waals surface area (Å²) in [4.78, 5) is 0. The summed E-state index contributed by atoms with van der Waals surface area (Å²) in [5.41, 5.74) is 2.28. The summed E-state index contributed by atoms with van der Waals surface area (Å²) in [5, 5.41) is 4.43. The summed E-state index contributed by atoms with van der Waals surface area (Å²) in [6, 6.07) is 10.3. The molecule has 1 aromatic carbocycles. The van der Waals surface area contributed by atoms with Crippen LogP contribution in [0.5, 0.6) is 5.75 Å². The first-order valence-corrected chi connectivity index (χ1v) is 6.78. The first kappa shape index (κ1) is 14.1. The van der Waals surface area contributed by atoms with Crippen LogP contribution in [0.25, 0.3) is 0 Å². The minimum Gasteiger partial charge on any atom is -0.490 e. The lowest BCUT2D eigenvalue weighted by Gasteiger charge is -2.09. The van der Waals surface area contributed by atoms with Crippen molar-refractivity contribution in [3.63, 3.8) is 0 Å². The molecule has 1 aromatic heterocycles. The summed E-state index contributed by atoms with van der Waals surface area (Å²) in [6.07, 6.45) is 7.08. The van der Waals surface area contributed by atoms with Gasteiger partial charge in [-0.3, -0.25) is 4.68 Å². The molecule has 0 saturated carbocycles. The summed E-state index contributed by atoms with van der Waals surface area (Å²) < 4.78 is 7.72. The fourth-order valence-corrected chi connectivity index (χ4v) is 2.00. The van der Waals surface area contributed by atoms with Gasteiger partial charge in [0.2, 0.25) is 0 Å². The Bertz CT molecular complexity index is 558. The highest BCUT2D eigenvalue weighted by atomic mass is 16.5. The van der Waals surface area contributed by atoms with E-state index >= 15 is 0 Å². The van der Waals surface area contributed by atoms with Crippen molar-refractivity contribution < 1.29 is 4.74 Å². The van der Waals surface area contributed by atoms with Gasteiger partial charge in [0.05, 0.1) is 25.0 Å². The van der Waals surface area contributed by atoms with Crippen molar-refractivity contribution >= 4 is 0 Å². The minimum atomic E-state index is 0.630. The van der Waals surface area contributed by atoms with Crippen LogP contribution in [0.15, 0.2) is 61.8 Å². The zero-order valence-electron chi connectivity index (χ0n) is 11.7. The molecule has 0 atom stereocenters. The molecular weight excluding hydrogens is 248 g/mol. The molecule has 0 radical (unpaired) electrons. The number of nitrogens with zero attached hydrogens (tertiary/aromatic N) is 2. The molecule has 0 N–H and O–H groups in total. The van der Waals surface area contributed by atoms with E-state index in [1.165, 1.54) is 5.56 Å². The number of benzene rings is 1. The molecule has 2 aromatic rings. The normalized spacial score (nSPS) is 10.2. The van der Waals surface area contributed by atoms with Crippen molar-refractivity contribution in [3.05, 3.63) is 73.1 Å². The van der Waals surface area contributed by atoms with E-state index in [0.717, 1.165) is 30.8 Å². The lowest BCUT2D eigenvalue weighted by atomic mass is 10.2. The third kappa shape index (κ3) is 3.60. The molecule has 3 nitrogen and oxygen atoms in total. The zero-order valence-corrected chi connectivity index (χ0v) is 11.7. The van der Waals surface area contributed by atoms with E-state index < -0.39 is 0 Å². The topological polar surface area (TPSA) is 27.1 Å². The highest BCUT2D eigenvalue weighted by Crippen LogP contribution is 2.20. The van der Waals surface area contributed by atoms with Crippen LogP contribution >= 0.6 is 0 Å². The average Bonchev–Trinajstić information content (AvgIpc) is 2.84. The predicted molar refractivity (Wildman–Crippen MR) is 82.0 cm³/mol. The van der Waals surface area contributed by atoms with Crippen LogP contribution in [-0.4, -0.2) is 16.4 Å². The van der Waals surface area contributed by atoms with Crippen molar-refractivity contribution in [1.82, 2.24) is 9.78 Å².